The minimum absolute atomic E-state index is 0.784. The fourth-order valence-corrected chi connectivity index (χ4v) is 2.38. The first-order valence-electron chi connectivity index (χ1n) is 6.75. The lowest BCUT2D eigenvalue weighted by atomic mass is 10.1. The van der Waals surface area contributed by atoms with E-state index in [0.29, 0.717) is 0 Å². The average Bonchev–Trinajstić information content (AvgIpc) is 2.30. The van der Waals surface area contributed by atoms with Crippen LogP contribution in [0, 0.1) is 13.8 Å². The monoisotopic (exact) mass is 248 g/mol. The van der Waals surface area contributed by atoms with Crippen molar-refractivity contribution in [3.63, 3.8) is 0 Å². The molecule has 0 aliphatic carbocycles. The van der Waals surface area contributed by atoms with Gasteiger partial charge in [-0.3, -0.25) is 4.90 Å². The molecule has 0 amide bonds. The number of hydrogen-bond acceptors (Lipinski definition) is 3. The Morgan fingerprint density at radius 1 is 1.00 bits per heavy atom. The molecule has 1 aromatic carbocycles. The molecule has 0 unspecified atom stereocenters. The van der Waals surface area contributed by atoms with Gasteiger partial charge < -0.3 is 9.64 Å². The Balaban J connectivity index is 1.74. The van der Waals surface area contributed by atoms with Gasteiger partial charge in [0.1, 0.15) is 12.4 Å². The molecule has 3 nitrogen and oxygen atoms in total. The molecule has 1 aliphatic heterocycles. The van der Waals surface area contributed by atoms with E-state index in [2.05, 4.69) is 48.9 Å². The number of likely N-dealkylation sites (N-methyl/N-ethyl adjacent to an activating group) is 1. The molecular weight excluding hydrogens is 224 g/mol. The number of aryl methyl sites for hydroxylation is 2. The summed E-state index contributed by atoms with van der Waals surface area (Å²) < 4.78 is 5.84. The van der Waals surface area contributed by atoms with Crippen LogP contribution in [0.25, 0.3) is 0 Å². The zero-order valence-electron chi connectivity index (χ0n) is 11.8. The zero-order chi connectivity index (χ0) is 13.0. The minimum atomic E-state index is 0.784. The molecule has 1 fully saturated rings. The largest absolute Gasteiger partial charge is 0.492 e. The normalized spacial score (nSPS) is 17.9. The van der Waals surface area contributed by atoms with E-state index in [4.69, 9.17) is 4.74 Å². The smallest absolute Gasteiger partial charge is 0.119 e. The number of benzene rings is 1. The molecule has 0 radical (unpaired) electrons. The van der Waals surface area contributed by atoms with E-state index in [1.807, 2.05) is 0 Å². The topological polar surface area (TPSA) is 15.7 Å². The molecule has 0 N–H and O–H groups in total. The second-order valence-electron chi connectivity index (χ2n) is 5.32. The first kappa shape index (κ1) is 13.4. The SMILES string of the molecule is Cc1cc(C)cc(OCCN2CCN(C)CC2)c1. The highest BCUT2D eigenvalue weighted by Gasteiger charge is 2.13. The van der Waals surface area contributed by atoms with Gasteiger partial charge in [-0.1, -0.05) is 6.07 Å². The predicted octanol–water partition coefficient (Wildman–Crippen LogP) is 1.93. The first-order valence-corrected chi connectivity index (χ1v) is 6.75. The van der Waals surface area contributed by atoms with E-state index in [0.717, 1.165) is 32.0 Å². The van der Waals surface area contributed by atoms with Crippen molar-refractivity contribution in [2.24, 2.45) is 0 Å². The van der Waals surface area contributed by atoms with Gasteiger partial charge in [0.15, 0.2) is 0 Å². The summed E-state index contributed by atoms with van der Waals surface area (Å²) in [6, 6.07) is 6.39. The molecule has 0 spiro atoms. The van der Waals surface area contributed by atoms with Crippen molar-refractivity contribution in [3.8, 4) is 5.75 Å². The van der Waals surface area contributed by atoms with Crippen LogP contribution in [0.3, 0.4) is 0 Å². The number of hydrogen-bond donors (Lipinski definition) is 0. The summed E-state index contributed by atoms with van der Waals surface area (Å²) in [5.74, 6) is 1.00. The van der Waals surface area contributed by atoms with Gasteiger partial charge in [-0.2, -0.15) is 0 Å². The Morgan fingerprint density at radius 2 is 1.61 bits per heavy atom. The Labute approximate surface area is 110 Å². The van der Waals surface area contributed by atoms with Crippen LogP contribution in [0.4, 0.5) is 0 Å². The second-order valence-corrected chi connectivity index (χ2v) is 5.32. The van der Waals surface area contributed by atoms with Gasteiger partial charge >= 0.3 is 0 Å². The Kier molecular flexibility index (Phi) is 4.61. The van der Waals surface area contributed by atoms with Gasteiger partial charge in [0.25, 0.3) is 0 Å². The first-order chi connectivity index (χ1) is 8.63. The van der Waals surface area contributed by atoms with Crippen molar-refractivity contribution < 1.29 is 4.74 Å². The fraction of sp³-hybridized carbons (Fsp3) is 0.600. The van der Waals surface area contributed by atoms with Gasteiger partial charge in [-0.25, -0.2) is 0 Å². The summed E-state index contributed by atoms with van der Waals surface area (Å²) in [5.41, 5.74) is 2.54. The van der Waals surface area contributed by atoms with Gasteiger partial charge in [-0.05, 0) is 44.2 Å². The van der Waals surface area contributed by atoms with Gasteiger partial charge in [0.2, 0.25) is 0 Å². The van der Waals surface area contributed by atoms with Crippen molar-refractivity contribution in [3.05, 3.63) is 29.3 Å². The molecule has 0 aromatic heterocycles. The summed E-state index contributed by atoms with van der Waals surface area (Å²) in [6.07, 6.45) is 0. The van der Waals surface area contributed by atoms with Gasteiger partial charge in [-0.15, -0.1) is 0 Å². The van der Waals surface area contributed by atoms with Crippen LogP contribution < -0.4 is 4.74 Å². The predicted molar refractivity (Wildman–Crippen MR) is 75.3 cm³/mol. The van der Waals surface area contributed by atoms with E-state index in [-0.39, 0.29) is 0 Å². The van der Waals surface area contributed by atoms with Crippen LogP contribution in [-0.4, -0.2) is 56.2 Å². The molecule has 1 saturated heterocycles. The molecule has 1 aliphatic rings. The lowest BCUT2D eigenvalue weighted by Crippen LogP contribution is -2.45. The lowest BCUT2D eigenvalue weighted by molar-refractivity contribution is 0.133. The minimum Gasteiger partial charge on any atom is -0.492 e. The standard InChI is InChI=1S/C15H24N2O/c1-13-10-14(2)12-15(11-13)18-9-8-17-6-4-16(3)5-7-17/h10-12H,4-9H2,1-3H3. The average molecular weight is 248 g/mol. The summed E-state index contributed by atoms with van der Waals surface area (Å²) in [5, 5.41) is 0. The maximum atomic E-state index is 5.84. The molecule has 18 heavy (non-hydrogen) atoms. The molecule has 0 atom stereocenters. The van der Waals surface area contributed by atoms with E-state index in [1.54, 1.807) is 0 Å². The molecule has 1 aromatic rings. The molecule has 2 rings (SSSR count). The Bertz CT molecular complexity index is 364. The molecule has 0 bridgehead atoms. The Morgan fingerprint density at radius 3 is 2.22 bits per heavy atom. The van der Waals surface area contributed by atoms with Crippen LogP contribution in [0.5, 0.6) is 5.75 Å². The van der Waals surface area contributed by atoms with Crippen molar-refractivity contribution in [2.75, 3.05) is 46.4 Å². The number of nitrogens with zero attached hydrogens (tertiary/aromatic N) is 2. The van der Waals surface area contributed by atoms with E-state index >= 15 is 0 Å². The highest BCUT2D eigenvalue weighted by atomic mass is 16.5. The second kappa shape index (κ2) is 6.21. The molecule has 3 heteroatoms. The van der Waals surface area contributed by atoms with Gasteiger partial charge in [0, 0.05) is 32.7 Å². The van der Waals surface area contributed by atoms with Crippen LogP contribution in [0.1, 0.15) is 11.1 Å². The number of ether oxygens (including phenoxy) is 1. The molecular formula is C15H24N2O. The maximum Gasteiger partial charge on any atom is 0.119 e. The number of rotatable bonds is 4. The fourth-order valence-electron chi connectivity index (χ4n) is 2.38. The van der Waals surface area contributed by atoms with Crippen molar-refractivity contribution in [2.45, 2.75) is 13.8 Å². The maximum absolute atomic E-state index is 5.84. The highest BCUT2D eigenvalue weighted by molar-refractivity contribution is 5.32. The molecule has 0 saturated carbocycles. The third-order valence-electron chi connectivity index (χ3n) is 3.47. The van der Waals surface area contributed by atoms with Crippen molar-refractivity contribution >= 4 is 0 Å². The van der Waals surface area contributed by atoms with Crippen molar-refractivity contribution in [1.29, 1.82) is 0 Å². The molecule has 100 valence electrons. The van der Waals surface area contributed by atoms with Crippen LogP contribution in [-0.2, 0) is 0 Å². The summed E-state index contributed by atoms with van der Waals surface area (Å²) in [4.78, 5) is 4.85. The number of piperazine rings is 1. The third kappa shape index (κ3) is 4.00. The van der Waals surface area contributed by atoms with Gasteiger partial charge in [0.05, 0.1) is 0 Å². The highest BCUT2D eigenvalue weighted by Crippen LogP contribution is 2.16. The summed E-state index contributed by atoms with van der Waals surface area (Å²) >= 11 is 0. The Hall–Kier alpha value is -1.06. The van der Waals surface area contributed by atoms with E-state index < -0.39 is 0 Å². The van der Waals surface area contributed by atoms with Crippen LogP contribution in [0.15, 0.2) is 18.2 Å². The zero-order valence-corrected chi connectivity index (χ0v) is 11.8. The summed E-state index contributed by atoms with van der Waals surface area (Å²) in [7, 11) is 2.18. The van der Waals surface area contributed by atoms with Crippen molar-refractivity contribution in [1.82, 2.24) is 9.80 Å². The van der Waals surface area contributed by atoms with E-state index in [9.17, 15) is 0 Å². The van der Waals surface area contributed by atoms with Crippen LogP contribution >= 0.6 is 0 Å². The summed E-state index contributed by atoms with van der Waals surface area (Å²) in [6.45, 7) is 10.7. The molecule has 1 heterocycles. The van der Waals surface area contributed by atoms with E-state index in [1.165, 1.54) is 24.2 Å². The van der Waals surface area contributed by atoms with Crippen LogP contribution in [0.2, 0.25) is 0 Å². The quantitative estimate of drug-likeness (QED) is 0.810. The lowest BCUT2D eigenvalue weighted by Gasteiger charge is -2.32. The third-order valence-corrected chi connectivity index (χ3v) is 3.47.